The van der Waals surface area contributed by atoms with E-state index >= 15 is 0 Å². The van der Waals surface area contributed by atoms with Crippen LogP contribution in [-0.4, -0.2) is 61.6 Å². The summed E-state index contributed by atoms with van der Waals surface area (Å²) in [6.07, 6.45) is 9.69. The molecule has 0 bridgehead atoms. The predicted molar refractivity (Wildman–Crippen MR) is 152 cm³/mol. The van der Waals surface area contributed by atoms with Gasteiger partial charge in [-0.05, 0) is 64.8 Å². The lowest BCUT2D eigenvalue weighted by Crippen LogP contribution is -2.73. The van der Waals surface area contributed by atoms with Gasteiger partial charge in [-0.15, -0.1) is 0 Å². The lowest BCUT2D eigenvalue weighted by molar-refractivity contribution is 0.272. The van der Waals surface area contributed by atoms with Gasteiger partial charge < -0.3 is 15.5 Å². The lowest BCUT2D eigenvalue weighted by Gasteiger charge is -2.40. The molecule has 2 aliphatic heterocycles. The summed E-state index contributed by atoms with van der Waals surface area (Å²) < 4.78 is 0. The van der Waals surface area contributed by atoms with Crippen molar-refractivity contribution in [2.45, 2.75) is 90.0 Å². The van der Waals surface area contributed by atoms with Gasteiger partial charge in [0.2, 0.25) is 11.9 Å². The smallest absolute Gasteiger partial charge is 0.201 e. The third kappa shape index (κ3) is 6.45. The number of nitrogens with zero attached hydrogens (tertiary/aromatic N) is 4. The molecule has 1 aromatic carbocycles. The van der Waals surface area contributed by atoms with Crippen molar-refractivity contribution in [3.8, 4) is 0 Å². The number of hydrogen-bond donors (Lipinski definition) is 4. The summed E-state index contributed by atoms with van der Waals surface area (Å²) in [5.74, 6) is 0.277. The molecule has 4 rings (SSSR count). The van der Waals surface area contributed by atoms with E-state index in [0.717, 1.165) is 56.8 Å². The van der Waals surface area contributed by atoms with Crippen molar-refractivity contribution < 1.29 is 0 Å². The number of rotatable bonds is 8. The number of nitrogens with one attached hydrogen (secondary N) is 3. The fourth-order valence-corrected chi connectivity index (χ4v) is 6.02. The zero-order valence-electron chi connectivity index (χ0n) is 22.3. The van der Waals surface area contributed by atoms with Crippen LogP contribution in [0.5, 0.6) is 0 Å². The standard InChI is InChI=1S/C27H45ClN8/c1-4-35(5-2)24-16-15-20(18-23(24)28)27(29)33-25(30-19-22-14-11-17-36(22)6-3)32-26(34-27)31-21-12-9-7-8-10-13-21/h15-16,18,21-22H,4-14,17,19,29H2,1-3H3,(H3,30,31,32,33,34). The van der Waals surface area contributed by atoms with Gasteiger partial charge in [0.1, 0.15) is 0 Å². The van der Waals surface area contributed by atoms with Crippen LogP contribution in [0, 0.1) is 0 Å². The molecular formula is C27H45ClN8. The van der Waals surface area contributed by atoms with Gasteiger partial charge in [0.05, 0.1) is 23.3 Å². The van der Waals surface area contributed by atoms with E-state index in [1.165, 1.54) is 38.5 Å². The Bertz CT molecular complexity index is 922. The van der Waals surface area contributed by atoms with Crippen molar-refractivity contribution in [3.63, 3.8) is 0 Å². The Morgan fingerprint density at radius 2 is 1.75 bits per heavy atom. The normalized spacial score (nSPS) is 28.0. The quantitative estimate of drug-likeness (QED) is 0.391. The summed E-state index contributed by atoms with van der Waals surface area (Å²) in [6.45, 7) is 11.2. The Labute approximate surface area is 222 Å². The molecule has 5 N–H and O–H groups in total. The Balaban J connectivity index is 1.61. The van der Waals surface area contributed by atoms with Crippen LogP contribution < -0.4 is 26.6 Å². The molecule has 8 nitrogen and oxygen atoms in total. The van der Waals surface area contributed by atoms with Gasteiger partial charge >= 0.3 is 0 Å². The number of anilines is 1. The van der Waals surface area contributed by atoms with Crippen molar-refractivity contribution in [3.05, 3.63) is 28.8 Å². The number of nitrogens with two attached hydrogens (primary N) is 1. The van der Waals surface area contributed by atoms with Gasteiger partial charge in [-0.2, -0.15) is 0 Å². The first kappa shape index (κ1) is 27.0. The molecule has 0 spiro atoms. The number of benzene rings is 1. The summed E-state index contributed by atoms with van der Waals surface area (Å²) in [5.41, 5.74) is 8.86. The van der Waals surface area contributed by atoms with Crippen LogP contribution in [0.4, 0.5) is 5.69 Å². The van der Waals surface area contributed by atoms with E-state index in [2.05, 4.69) is 52.6 Å². The molecule has 0 amide bonds. The van der Waals surface area contributed by atoms with Crippen molar-refractivity contribution in [1.82, 2.24) is 20.9 Å². The fourth-order valence-electron chi connectivity index (χ4n) is 5.72. The van der Waals surface area contributed by atoms with E-state index in [1.54, 1.807) is 0 Å². The van der Waals surface area contributed by atoms with Crippen LogP contribution >= 0.6 is 11.6 Å². The molecule has 3 fully saturated rings. The van der Waals surface area contributed by atoms with Crippen LogP contribution in [-0.2, 0) is 5.79 Å². The van der Waals surface area contributed by atoms with Crippen LogP contribution in [0.25, 0.3) is 0 Å². The molecule has 3 aliphatic rings. The average molecular weight is 517 g/mol. The molecule has 200 valence electrons. The van der Waals surface area contributed by atoms with E-state index in [-0.39, 0.29) is 0 Å². The number of likely N-dealkylation sites (N-methyl/N-ethyl adjacent to an activating group) is 1. The third-order valence-electron chi connectivity index (χ3n) is 7.88. The second-order valence-corrected chi connectivity index (χ2v) is 10.7. The Hall–Kier alpha value is -2.03. The summed E-state index contributed by atoms with van der Waals surface area (Å²) in [6, 6.07) is 6.82. The van der Waals surface area contributed by atoms with E-state index in [0.29, 0.717) is 29.0 Å². The molecule has 2 heterocycles. The number of guanidine groups is 2. The molecule has 1 aromatic rings. The molecule has 2 saturated heterocycles. The summed E-state index contributed by atoms with van der Waals surface area (Å²) in [4.78, 5) is 14.8. The highest BCUT2D eigenvalue weighted by atomic mass is 35.5. The van der Waals surface area contributed by atoms with Crippen molar-refractivity contribution in [2.75, 3.05) is 37.6 Å². The van der Waals surface area contributed by atoms with Crippen LogP contribution in [0.15, 0.2) is 28.2 Å². The van der Waals surface area contributed by atoms with Gasteiger partial charge in [0.25, 0.3) is 0 Å². The monoisotopic (exact) mass is 516 g/mol. The highest BCUT2D eigenvalue weighted by Crippen LogP contribution is 2.30. The number of aliphatic imine (C=N–C) groups is 2. The van der Waals surface area contributed by atoms with Gasteiger partial charge in [-0.25, -0.2) is 4.99 Å². The summed E-state index contributed by atoms with van der Waals surface area (Å²) >= 11 is 6.75. The molecule has 9 heteroatoms. The molecule has 0 radical (unpaired) electrons. The largest absolute Gasteiger partial charge is 0.371 e. The van der Waals surface area contributed by atoms with Gasteiger partial charge in [-0.3, -0.25) is 20.9 Å². The minimum absolute atomic E-state index is 0.296. The van der Waals surface area contributed by atoms with Crippen LogP contribution in [0.3, 0.4) is 0 Å². The maximum Gasteiger partial charge on any atom is 0.201 e. The third-order valence-corrected chi connectivity index (χ3v) is 8.18. The Morgan fingerprint density at radius 3 is 2.42 bits per heavy atom. The molecular weight excluding hydrogens is 472 g/mol. The zero-order valence-corrected chi connectivity index (χ0v) is 23.1. The molecule has 2 atom stereocenters. The van der Waals surface area contributed by atoms with E-state index in [1.807, 2.05) is 12.1 Å². The van der Waals surface area contributed by atoms with Gasteiger partial charge in [-0.1, -0.05) is 50.3 Å². The van der Waals surface area contributed by atoms with Crippen LogP contribution in [0.1, 0.15) is 77.7 Å². The molecule has 1 saturated carbocycles. The second-order valence-electron chi connectivity index (χ2n) is 10.3. The average Bonchev–Trinajstić information content (AvgIpc) is 3.18. The molecule has 36 heavy (non-hydrogen) atoms. The summed E-state index contributed by atoms with van der Waals surface area (Å²) in [5, 5.41) is 10.9. The topological polar surface area (TPSA) is 93.3 Å². The van der Waals surface area contributed by atoms with Crippen LogP contribution in [0.2, 0.25) is 5.02 Å². The Kier molecular flexibility index (Phi) is 9.36. The van der Waals surface area contributed by atoms with Gasteiger partial charge in [0.15, 0.2) is 5.79 Å². The number of halogens is 1. The first-order valence-electron chi connectivity index (χ1n) is 14.0. The Morgan fingerprint density at radius 1 is 1.03 bits per heavy atom. The minimum atomic E-state index is -1.07. The SMILES string of the molecule is CCN(CC)c1ccc(C2(N)NC(=NCC3CCCN3CC)NC(=NC3CCCCCC3)N2)cc1Cl. The fraction of sp³-hybridized carbons (Fsp3) is 0.704. The maximum absolute atomic E-state index is 6.99. The first-order chi connectivity index (χ1) is 17.5. The van der Waals surface area contributed by atoms with E-state index in [4.69, 9.17) is 27.3 Å². The molecule has 0 aromatic heterocycles. The first-order valence-corrected chi connectivity index (χ1v) is 14.4. The second kappa shape index (κ2) is 12.5. The highest BCUT2D eigenvalue weighted by molar-refractivity contribution is 6.33. The predicted octanol–water partition coefficient (Wildman–Crippen LogP) is 3.96. The number of likely N-dealkylation sites (tertiary alicyclic amines) is 1. The molecule has 2 unspecified atom stereocenters. The van der Waals surface area contributed by atoms with Gasteiger partial charge in [0, 0.05) is 24.7 Å². The van der Waals surface area contributed by atoms with Crippen molar-refractivity contribution in [1.29, 1.82) is 0 Å². The number of hydrogen-bond acceptors (Lipinski definition) is 5. The highest BCUT2D eigenvalue weighted by Gasteiger charge is 2.36. The van der Waals surface area contributed by atoms with Crippen molar-refractivity contribution >= 4 is 29.2 Å². The summed E-state index contributed by atoms with van der Waals surface area (Å²) in [7, 11) is 0. The maximum atomic E-state index is 6.99. The lowest BCUT2D eigenvalue weighted by atomic mass is 10.1. The van der Waals surface area contributed by atoms with E-state index in [9.17, 15) is 0 Å². The molecule has 1 aliphatic carbocycles. The van der Waals surface area contributed by atoms with Crippen molar-refractivity contribution in [2.24, 2.45) is 15.7 Å². The van der Waals surface area contributed by atoms with E-state index < -0.39 is 5.79 Å². The minimum Gasteiger partial charge on any atom is -0.371 e. The zero-order chi connectivity index (χ0) is 25.5.